The van der Waals surface area contributed by atoms with Crippen LogP contribution in [0, 0.1) is 0 Å². The van der Waals surface area contributed by atoms with Crippen LogP contribution in [-0.4, -0.2) is 20.5 Å². The van der Waals surface area contributed by atoms with E-state index in [1.165, 1.54) is 11.9 Å². The molecule has 2 aromatic carbocycles. The van der Waals surface area contributed by atoms with E-state index in [2.05, 4.69) is 27.5 Å². The molecule has 2 aliphatic rings. The molecule has 1 N–H and O–H groups in total. The smallest absolute Gasteiger partial charge is 0.226 e. The van der Waals surface area contributed by atoms with Crippen molar-refractivity contribution in [2.45, 2.75) is 24.8 Å². The zero-order valence-electron chi connectivity index (χ0n) is 14.2. The van der Waals surface area contributed by atoms with Crippen LogP contribution in [-0.2, 0) is 4.79 Å². The molecule has 0 unspecified atom stereocenters. The zero-order valence-corrected chi connectivity index (χ0v) is 14.2. The fourth-order valence-corrected chi connectivity index (χ4v) is 4.06. The summed E-state index contributed by atoms with van der Waals surface area (Å²) in [4.78, 5) is 17.5. The summed E-state index contributed by atoms with van der Waals surface area (Å²) >= 11 is 0. The van der Waals surface area contributed by atoms with E-state index in [-0.39, 0.29) is 17.7 Å². The molecule has 1 aliphatic heterocycles. The zero-order chi connectivity index (χ0) is 17.5. The van der Waals surface area contributed by atoms with Gasteiger partial charge in [-0.25, -0.2) is 4.68 Å². The maximum Gasteiger partial charge on any atom is 0.226 e. The predicted molar refractivity (Wildman–Crippen MR) is 98.7 cm³/mol. The molecule has 2 atom stereocenters. The van der Waals surface area contributed by atoms with Crippen molar-refractivity contribution in [1.82, 2.24) is 14.8 Å². The molecule has 0 bridgehead atoms. The number of aromatic nitrogens is 3. The van der Waals surface area contributed by atoms with Crippen molar-refractivity contribution < 1.29 is 4.79 Å². The van der Waals surface area contributed by atoms with Crippen LogP contribution in [0.5, 0.6) is 0 Å². The van der Waals surface area contributed by atoms with Crippen molar-refractivity contribution in [1.29, 1.82) is 0 Å². The molecule has 5 rings (SSSR count). The number of ketones is 1. The van der Waals surface area contributed by atoms with E-state index in [0.29, 0.717) is 12.4 Å². The fourth-order valence-electron chi connectivity index (χ4n) is 4.06. The number of anilines is 1. The Kier molecular flexibility index (Phi) is 3.45. The highest BCUT2D eigenvalue weighted by Crippen LogP contribution is 2.43. The Morgan fingerprint density at radius 1 is 0.923 bits per heavy atom. The van der Waals surface area contributed by atoms with E-state index >= 15 is 0 Å². The second-order valence-electron chi connectivity index (χ2n) is 6.80. The average molecular weight is 342 g/mol. The van der Waals surface area contributed by atoms with Crippen molar-refractivity contribution in [2.75, 3.05) is 5.32 Å². The summed E-state index contributed by atoms with van der Waals surface area (Å²) in [5, 5.41) is 7.73. The predicted octanol–water partition coefficient (Wildman–Crippen LogP) is 3.69. The van der Waals surface area contributed by atoms with Crippen LogP contribution < -0.4 is 5.32 Å². The first kappa shape index (κ1) is 15.1. The molecule has 0 saturated heterocycles. The molecular formula is C21H18N4O. The second-order valence-corrected chi connectivity index (χ2v) is 6.80. The summed E-state index contributed by atoms with van der Waals surface area (Å²) in [5.41, 5.74) is 4.06. The minimum absolute atomic E-state index is 0.183. The number of Topliss-reactive ketones (excluding diaryl/α,β-unsaturated/α-hetero) is 1. The summed E-state index contributed by atoms with van der Waals surface area (Å²) < 4.78 is 1.81. The summed E-state index contributed by atoms with van der Waals surface area (Å²) in [6.45, 7) is 0. The molecular weight excluding hydrogens is 324 g/mol. The molecule has 0 radical (unpaired) electrons. The Morgan fingerprint density at radius 3 is 2.35 bits per heavy atom. The molecule has 0 amide bonds. The van der Waals surface area contributed by atoms with Gasteiger partial charge in [-0.3, -0.25) is 4.79 Å². The molecule has 26 heavy (non-hydrogen) atoms. The molecule has 5 nitrogen and oxygen atoms in total. The van der Waals surface area contributed by atoms with Gasteiger partial charge in [0.25, 0.3) is 0 Å². The Morgan fingerprint density at radius 2 is 1.62 bits per heavy atom. The summed E-state index contributed by atoms with van der Waals surface area (Å²) in [5.74, 6) is 1.07. The second kappa shape index (κ2) is 5.95. The summed E-state index contributed by atoms with van der Waals surface area (Å²) in [6.07, 6.45) is 2.87. The Balaban J connectivity index is 1.61. The normalized spacial score (nSPS) is 21.8. The van der Waals surface area contributed by atoms with Crippen LogP contribution in [0.4, 0.5) is 5.95 Å². The monoisotopic (exact) mass is 342 g/mol. The van der Waals surface area contributed by atoms with Crippen molar-refractivity contribution in [2.24, 2.45) is 0 Å². The molecule has 5 heteroatoms. The SMILES string of the molecule is O=C1C[C@@H](c2ccccc2)CC2=C1[C@H](c1ccccc1)n1ncnc1N2. The van der Waals surface area contributed by atoms with Crippen LogP contribution in [0.3, 0.4) is 0 Å². The quantitative estimate of drug-likeness (QED) is 0.771. The van der Waals surface area contributed by atoms with E-state index in [0.717, 1.165) is 23.3 Å². The summed E-state index contributed by atoms with van der Waals surface area (Å²) in [7, 11) is 0. The Hall–Kier alpha value is -3.21. The van der Waals surface area contributed by atoms with Gasteiger partial charge in [0.05, 0.1) is 0 Å². The first-order chi connectivity index (χ1) is 12.8. The van der Waals surface area contributed by atoms with Gasteiger partial charge in [-0.15, -0.1) is 0 Å². The average Bonchev–Trinajstić information content (AvgIpc) is 3.15. The topological polar surface area (TPSA) is 59.8 Å². The number of rotatable bonds is 2. The van der Waals surface area contributed by atoms with E-state index < -0.39 is 0 Å². The number of hydrogen-bond donors (Lipinski definition) is 1. The number of carbonyl (C=O) groups is 1. The van der Waals surface area contributed by atoms with Gasteiger partial charge in [-0.05, 0) is 23.5 Å². The first-order valence-electron chi connectivity index (χ1n) is 8.84. The number of hydrogen-bond acceptors (Lipinski definition) is 4. The number of fused-ring (bicyclic) bond motifs is 1. The van der Waals surface area contributed by atoms with Crippen LogP contribution >= 0.6 is 0 Å². The lowest BCUT2D eigenvalue weighted by Crippen LogP contribution is -2.33. The third-order valence-corrected chi connectivity index (χ3v) is 5.25. The third kappa shape index (κ3) is 2.36. The van der Waals surface area contributed by atoms with Gasteiger partial charge >= 0.3 is 0 Å². The van der Waals surface area contributed by atoms with Crippen molar-refractivity contribution >= 4 is 11.7 Å². The van der Waals surface area contributed by atoms with Gasteiger partial charge in [0.2, 0.25) is 5.95 Å². The Labute approximate surface area is 151 Å². The molecule has 1 aliphatic carbocycles. The highest BCUT2D eigenvalue weighted by Gasteiger charge is 2.39. The van der Waals surface area contributed by atoms with E-state index in [1.54, 1.807) is 0 Å². The maximum absolute atomic E-state index is 13.2. The van der Waals surface area contributed by atoms with Gasteiger partial charge in [-0.1, -0.05) is 60.7 Å². The minimum Gasteiger partial charge on any atom is -0.328 e. The van der Waals surface area contributed by atoms with Gasteiger partial charge in [-0.2, -0.15) is 10.1 Å². The van der Waals surface area contributed by atoms with Gasteiger partial charge in [0, 0.05) is 17.7 Å². The lowest BCUT2D eigenvalue weighted by atomic mass is 9.78. The van der Waals surface area contributed by atoms with Crippen molar-refractivity contribution in [3.8, 4) is 0 Å². The number of carbonyl (C=O) groups excluding carboxylic acids is 1. The van der Waals surface area contributed by atoms with Crippen molar-refractivity contribution in [3.63, 3.8) is 0 Å². The minimum atomic E-state index is -0.214. The van der Waals surface area contributed by atoms with Gasteiger partial charge < -0.3 is 5.32 Å². The van der Waals surface area contributed by atoms with E-state index in [4.69, 9.17) is 0 Å². The van der Waals surface area contributed by atoms with Crippen LogP contribution in [0.15, 0.2) is 78.3 Å². The lowest BCUT2D eigenvalue weighted by Gasteiger charge is -2.35. The van der Waals surface area contributed by atoms with Gasteiger partial charge in [0.1, 0.15) is 12.4 Å². The summed E-state index contributed by atoms with van der Waals surface area (Å²) in [6, 6.07) is 20.1. The van der Waals surface area contributed by atoms with E-state index in [1.807, 2.05) is 53.2 Å². The molecule has 3 aromatic rings. The number of benzene rings is 2. The Bertz CT molecular complexity index is 991. The highest BCUT2D eigenvalue weighted by atomic mass is 16.1. The number of nitrogens with zero attached hydrogens (tertiary/aromatic N) is 3. The van der Waals surface area contributed by atoms with Crippen LogP contribution in [0.2, 0.25) is 0 Å². The largest absolute Gasteiger partial charge is 0.328 e. The fraction of sp³-hybridized carbons (Fsp3) is 0.190. The van der Waals surface area contributed by atoms with Crippen LogP contribution in [0.25, 0.3) is 0 Å². The lowest BCUT2D eigenvalue weighted by molar-refractivity contribution is -0.116. The van der Waals surface area contributed by atoms with Gasteiger partial charge in [0.15, 0.2) is 5.78 Å². The molecule has 1 aromatic heterocycles. The van der Waals surface area contributed by atoms with Crippen molar-refractivity contribution in [3.05, 3.63) is 89.4 Å². The number of nitrogens with one attached hydrogen (secondary N) is 1. The molecule has 128 valence electrons. The molecule has 2 heterocycles. The van der Waals surface area contributed by atoms with Crippen LogP contribution in [0.1, 0.15) is 35.9 Å². The third-order valence-electron chi connectivity index (χ3n) is 5.25. The maximum atomic E-state index is 13.2. The first-order valence-corrected chi connectivity index (χ1v) is 8.84. The molecule has 0 spiro atoms. The molecule has 0 saturated carbocycles. The standard InChI is InChI=1S/C21H18N4O/c26-18-12-16(14-7-3-1-4-8-14)11-17-19(18)20(15-9-5-2-6-10-15)25-21(24-17)22-13-23-25/h1-10,13,16,20H,11-12H2,(H,22,23,24)/t16-,20-/m0/s1. The number of allylic oxidation sites excluding steroid dienone is 2. The van der Waals surface area contributed by atoms with E-state index in [9.17, 15) is 4.79 Å². The molecule has 0 fully saturated rings. The highest BCUT2D eigenvalue weighted by molar-refractivity contribution is 6.00.